The van der Waals surface area contributed by atoms with Gasteiger partial charge in [-0.2, -0.15) is 24.9 Å². The normalized spacial score (nSPS) is 20.0. The first kappa shape index (κ1) is 28.9. The highest BCUT2D eigenvalue weighted by atomic mass is 32.2. The van der Waals surface area contributed by atoms with Gasteiger partial charge in [-0.25, -0.2) is 17.2 Å². The molecule has 1 atom stereocenters. The van der Waals surface area contributed by atoms with E-state index in [0.717, 1.165) is 37.1 Å². The number of nitrogens with one attached hydrogen (secondary N) is 1. The van der Waals surface area contributed by atoms with Gasteiger partial charge in [-0.1, -0.05) is 0 Å². The second-order valence-corrected chi connectivity index (χ2v) is 13.8. The number of alkyl halides is 3. The molecular formula is C29H26F5N3O3S2. The molecule has 6 rings (SSSR count). The van der Waals surface area contributed by atoms with Crippen LogP contribution in [0.3, 0.4) is 0 Å². The molecule has 3 aromatic rings. The van der Waals surface area contributed by atoms with Crippen molar-refractivity contribution in [3.8, 4) is 0 Å². The Labute approximate surface area is 243 Å². The number of amides is 1. The molecule has 6 nitrogen and oxygen atoms in total. The summed E-state index contributed by atoms with van der Waals surface area (Å²) in [6.07, 6.45) is -0.993. The van der Waals surface area contributed by atoms with Crippen LogP contribution in [0.4, 0.5) is 27.6 Å². The van der Waals surface area contributed by atoms with Gasteiger partial charge in [-0.15, -0.1) is 0 Å². The van der Waals surface area contributed by atoms with E-state index in [4.69, 9.17) is 0 Å². The van der Waals surface area contributed by atoms with Crippen molar-refractivity contribution in [2.45, 2.75) is 54.8 Å². The van der Waals surface area contributed by atoms with Gasteiger partial charge >= 0.3 is 6.18 Å². The van der Waals surface area contributed by atoms with E-state index in [1.807, 2.05) is 0 Å². The molecule has 42 heavy (non-hydrogen) atoms. The third-order valence-corrected chi connectivity index (χ3v) is 11.1. The van der Waals surface area contributed by atoms with Crippen molar-refractivity contribution in [1.82, 2.24) is 10.3 Å². The zero-order valence-electron chi connectivity index (χ0n) is 22.1. The van der Waals surface area contributed by atoms with Crippen LogP contribution in [0.1, 0.15) is 52.9 Å². The van der Waals surface area contributed by atoms with Gasteiger partial charge in [-0.3, -0.25) is 14.1 Å². The number of aromatic nitrogens is 1. The van der Waals surface area contributed by atoms with Crippen LogP contribution in [-0.4, -0.2) is 36.9 Å². The third kappa shape index (κ3) is 4.83. The first-order chi connectivity index (χ1) is 19.9. The van der Waals surface area contributed by atoms with Crippen LogP contribution in [0.15, 0.2) is 59.6 Å². The predicted molar refractivity (Wildman–Crippen MR) is 148 cm³/mol. The molecule has 1 saturated carbocycles. The SMILES string of the molecule is O=C(NCc1ncccc1C(F)(F)F)c1ccc2c(c1F)C1(CCSCC1)C(C1CC1)N2S(=O)(=O)c1ccc(F)cc1. The van der Waals surface area contributed by atoms with E-state index in [0.29, 0.717) is 24.3 Å². The largest absolute Gasteiger partial charge is 0.418 e. The van der Waals surface area contributed by atoms with Gasteiger partial charge in [-0.05, 0) is 91.6 Å². The Balaban J connectivity index is 1.42. The van der Waals surface area contributed by atoms with E-state index in [2.05, 4.69) is 10.3 Å². The number of thioether (sulfide) groups is 1. The Morgan fingerprint density at radius 1 is 1.05 bits per heavy atom. The van der Waals surface area contributed by atoms with Gasteiger partial charge in [0.25, 0.3) is 15.9 Å². The number of benzene rings is 2. The van der Waals surface area contributed by atoms with Gasteiger partial charge in [0, 0.05) is 17.2 Å². The number of nitrogens with zero attached hydrogens (tertiary/aromatic N) is 2. The maximum absolute atomic E-state index is 16.6. The standard InChI is InChI=1S/C29H26F5N3O3S2/c30-18-5-7-19(8-6-18)42(39,40)37-23-10-9-20(27(38)36-16-22-21(29(32,33)34)2-1-13-35-22)25(31)24(23)28(11-14-41-15-12-28)26(37)17-3-4-17/h1-2,5-10,13,17,26H,3-4,11-12,14-16H2,(H,36,38). The Morgan fingerprint density at radius 2 is 1.74 bits per heavy atom. The van der Waals surface area contributed by atoms with Gasteiger partial charge in [0.15, 0.2) is 0 Å². The molecule has 1 saturated heterocycles. The number of pyridine rings is 1. The molecule has 1 spiro atoms. The van der Waals surface area contributed by atoms with E-state index in [9.17, 15) is 30.8 Å². The van der Waals surface area contributed by atoms with Crippen molar-refractivity contribution in [1.29, 1.82) is 0 Å². The highest BCUT2D eigenvalue weighted by molar-refractivity contribution is 7.99. The molecule has 2 aromatic carbocycles. The predicted octanol–water partition coefficient (Wildman–Crippen LogP) is 6.06. The summed E-state index contributed by atoms with van der Waals surface area (Å²) in [4.78, 5) is 16.8. The summed E-state index contributed by atoms with van der Waals surface area (Å²) >= 11 is 1.69. The van der Waals surface area contributed by atoms with Gasteiger partial charge < -0.3 is 5.32 Å². The van der Waals surface area contributed by atoms with Gasteiger partial charge in [0.05, 0.1) is 40.0 Å². The Hall–Kier alpha value is -3.19. The maximum atomic E-state index is 16.6. The van der Waals surface area contributed by atoms with Crippen LogP contribution in [-0.2, 0) is 28.2 Å². The molecule has 3 heterocycles. The molecule has 1 N–H and O–H groups in total. The summed E-state index contributed by atoms with van der Waals surface area (Å²) in [5, 5.41) is 2.36. The fraction of sp³-hybridized carbons (Fsp3) is 0.379. The maximum Gasteiger partial charge on any atom is 0.418 e. The van der Waals surface area contributed by atoms with Crippen molar-refractivity contribution < 1.29 is 35.2 Å². The molecular weight excluding hydrogens is 597 g/mol. The Kier molecular flexibility index (Phi) is 7.24. The Bertz CT molecular complexity index is 1640. The molecule has 1 aliphatic carbocycles. The van der Waals surface area contributed by atoms with Crippen LogP contribution in [0.2, 0.25) is 0 Å². The summed E-state index contributed by atoms with van der Waals surface area (Å²) in [5.41, 5.74) is -2.41. The second kappa shape index (κ2) is 10.5. The first-order valence-electron chi connectivity index (χ1n) is 13.5. The lowest BCUT2D eigenvalue weighted by Crippen LogP contribution is -2.50. The summed E-state index contributed by atoms with van der Waals surface area (Å²) in [5.74, 6) is -1.08. The average Bonchev–Trinajstić information content (AvgIpc) is 3.75. The topological polar surface area (TPSA) is 79.4 Å². The number of carbonyl (C=O) groups is 1. The lowest BCUT2D eigenvalue weighted by atomic mass is 9.70. The number of carbonyl (C=O) groups excluding carboxylic acids is 1. The van der Waals surface area contributed by atoms with E-state index in [-0.39, 0.29) is 27.6 Å². The molecule has 3 aliphatic rings. The number of anilines is 1. The van der Waals surface area contributed by atoms with Crippen molar-refractivity contribution in [3.05, 3.63) is 88.7 Å². The average molecular weight is 624 g/mol. The van der Waals surface area contributed by atoms with Crippen LogP contribution in [0.5, 0.6) is 0 Å². The fourth-order valence-electron chi connectivity index (χ4n) is 6.35. The molecule has 0 bridgehead atoms. The van der Waals surface area contributed by atoms with Gasteiger partial charge in [0.1, 0.15) is 11.6 Å². The molecule has 2 aliphatic heterocycles. The lowest BCUT2D eigenvalue weighted by Gasteiger charge is -2.41. The number of hydrogen-bond acceptors (Lipinski definition) is 5. The van der Waals surface area contributed by atoms with Crippen LogP contribution < -0.4 is 9.62 Å². The van der Waals surface area contributed by atoms with Crippen LogP contribution >= 0.6 is 11.8 Å². The Morgan fingerprint density at radius 3 is 2.38 bits per heavy atom. The lowest BCUT2D eigenvalue weighted by molar-refractivity contribution is -0.138. The number of hydrogen-bond donors (Lipinski definition) is 1. The smallest absolute Gasteiger partial charge is 0.346 e. The van der Waals surface area contributed by atoms with Crippen LogP contribution in [0.25, 0.3) is 0 Å². The summed E-state index contributed by atoms with van der Waals surface area (Å²) in [6.45, 7) is -0.581. The zero-order chi connectivity index (χ0) is 29.9. The van der Waals surface area contributed by atoms with Crippen molar-refractivity contribution in [2.24, 2.45) is 5.92 Å². The molecule has 1 unspecified atom stereocenters. The highest BCUT2D eigenvalue weighted by Crippen LogP contribution is 2.60. The minimum atomic E-state index is -4.68. The quantitative estimate of drug-likeness (QED) is 0.338. The first-order valence-corrected chi connectivity index (χ1v) is 16.0. The summed E-state index contributed by atoms with van der Waals surface area (Å²) in [7, 11) is -4.24. The molecule has 13 heteroatoms. The fourth-order valence-corrected chi connectivity index (χ4v) is 9.36. The molecule has 2 fully saturated rings. The minimum Gasteiger partial charge on any atom is -0.346 e. The number of halogens is 5. The third-order valence-electron chi connectivity index (χ3n) is 8.35. The number of fused-ring (bicyclic) bond motifs is 2. The van der Waals surface area contributed by atoms with Crippen LogP contribution in [0, 0.1) is 17.6 Å². The van der Waals surface area contributed by atoms with Crippen molar-refractivity contribution in [2.75, 3.05) is 15.8 Å². The second-order valence-electron chi connectivity index (χ2n) is 10.8. The van der Waals surface area contributed by atoms with Gasteiger partial charge in [0.2, 0.25) is 0 Å². The molecule has 1 amide bonds. The van der Waals surface area contributed by atoms with E-state index >= 15 is 4.39 Å². The van der Waals surface area contributed by atoms with E-state index < -0.39 is 63.0 Å². The van der Waals surface area contributed by atoms with E-state index in [1.54, 1.807) is 11.8 Å². The van der Waals surface area contributed by atoms with E-state index in [1.165, 1.54) is 34.8 Å². The monoisotopic (exact) mass is 623 g/mol. The van der Waals surface area contributed by atoms with Crippen molar-refractivity contribution in [3.63, 3.8) is 0 Å². The summed E-state index contributed by atoms with van der Waals surface area (Å²) in [6, 6.07) is 8.46. The summed E-state index contributed by atoms with van der Waals surface area (Å²) < 4.78 is 99.9. The number of sulfonamides is 1. The molecule has 1 aromatic heterocycles. The van der Waals surface area contributed by atoms with Crippen molar-refractivity contribution >= 4 is 33.4 Å². The molecule has 222 valence electrons. The number of rotatable bonds is 6. The minimum absolute atomic E-state index is 0.0163. The molecule has 0 radical (unpaired) electrons. The highest BCUT2D eigenvalue weighted by Gasteiger charge is 2.61. The zero-order valence-corrected chi connectivity index (χ0v) is 23.8.